The fourth-order valence-electron chi connectivity index (χ4n) is 3.64. The van der Waals surface area contributed by atoms with Crippen LogP contribution in [0.4, 0.5) is 17.5 Å². The van der Waals surface area contributed by atoms with E-state index in [0.717, 1.165) is 17.9 Å². The highest BCUT2D eigenvalue weighted by Gasteiger charge is 2.28. The van der Waals surface area contributed by atoms with E-state index in [1.165, 1.54) is 0 Å². The van der Waals surface area contributed by atoms with E-state index in [0.29, 0.717) is 54.4 Å². The molecule has 9 nitrogen and oxygen atoms in total. The predicted octanol–water partition coefficient (Wildman–Crippen LogP) is 2.31. The molecule has 1 aliphatic heterocycles. The van der Waals surface area contributed by atoms with Crippen LogP contribution in [0.5, 0.6) is 5.75 Å². The molecule has 6 N–H and O–H groups in total. The van der Waals surface area contributed by atoms with E-state index in [9.17, 15) is 0 Å². The quantitative estimate of drug-likeness (QED) is 0.308. The number of benzene rings is 1. The molecule has 1 fully saturated rings. The van der Waals surface area contributed by atoms with Crippen LogP contribution in [0.1, 0.15) is 26.3 Å². The number of rotatable bonds is 7. The van der Waals surface area contributed by atoms with Crippen molar-refractivity contribution >= 4 is 23.3 Å². The van der Waals surface area contributed by atoms with Crippen LogP contribution in [0.3, 0.4) is 0 Å². The average molecular weight is 414 g/mol. The molecule has 0 saturated carbocycles. The summed E-state index contributed by atoms with van der Waals surface area (Å²) in [5, 5.41) is 10.9. The summed E-state index contributed by atoms with van der Waals surface area (Å²) in [7, 11) is 1.79. The predicted molar refractivity (Wildman–Crippen MR) is 120 cm³/mol. The van der Waals surface area contributed by atoms with Crippen LogP contribution in [0.15, 0.2) is 18.2 Å². The van der Waals surface area contributed by atoms with Gasteiger partial charge in [0.05, 0.1) is 37.1 Å². The summed E-state index contributed by atoms with van der Waals surface area (Å²) in [5.74, 6) is 2.10. The van der Waals surface area contributed by atoms with Gasteiger partial charge in [-0.1, -0.05) is 13.8 Å². The van der Waals surface area contributed by atoms with Gasteiger partial charge < -0.3 is 31.2 Å². The van der Waals surface area contributed by atoms with E-state index in [-0.39, 0.29) is 11.9 Å². The molecule has 0 aliphatic carbocycles. The number of nitrogens with two attached hydrogens (primary N) is 2. The van der Waals surface area contributed by atoms with Crippen molar-refractivity contribution in [2.45, 2.75) is 26.8 Å². The van der Waals surface area contributed by atoms with E-state index >= 15 is 0 Å². The second-order valence-electron chi connectivity index (χ2n) is 7.55. The second kappa shape index (κ2) is 9.17. The summed E-state index contributed by atoms with van der Waals surface area (Å²) in [6, 6.07) is 5.78. The molecular formula is C21H31N7O2. The zero-order valence-corrected chi connectivity index (χ0v) is 18.0. The maximum Gasteiger partial charge on any atom is 0.224 e. The molecule has 9 heteroatoms. The number of hydrogen-bond acceptors (Lipinski definition) is 8. The third-order valence-corrected chi connectivity index (χ3v) is 5.16. The molecule has 30 heavy (non-hydrogen) atoms. The van der Waals surface area contributed by atoms with Gasteiger partial charge in [-0.25, -0.2) is 4.98 Å². The van der Waals surface area contributed by atoms with Gasteiger partial charge in [-0.05, 0) is 25.0 Å². The van der Waals surface area contributed by atoms with Gasteiger partial charge in [-0.2, -0.15) is 4.98 Å². The summed E-state index contributed by atoms with van der Waals surface area (Å²) in [6.45, 7) is 8.76. The lowest BCUT2D eigenvalue weighted by atomic mass is 10.0. The maximum absolute atomic E-state index is 7.83. The lowest BCUT2D eigenvalue weighted by Gasteiger charge is -2.39. The number of nitrogen functional groups attached to an aromatic ring is 2. The molecule has 1 saturated heterocycles. The number of hydrogen-bond donors (Lipinski definition) is 4. The number of amidine groups is 1. The molecular weight excluding hydrogens is 382 g/mol. The normalized spacial score (nSPS) is 16.6. The Morgan fingerprint density at radius 3 is 2.77 bits per heavy atom. The molecule has 0 bridgehead atoms. The Bertz CT molecular complexity index is 916. The largest absolute Gasteiger partial charge is 0.493 e. The molecule has 1 unspecified atom stereocenters. The van der Waals surface area contributed by atoms with E-state index < -0.39 is 0 Å². The molecule has 1 aliphatic rings. The highest BCUT2D eigenvalue weighted by molar-refractivity contribution is 6.03. The third-order valence-electron chi connectivity index (χ3n) is 5.16. The van der Waals surface area contributed by atoms with E-state index in [1.807, 2.05) is 19.1 Å². The van der Waals surface area contributed by atoms with Crippen molar-refractivity contribution in [3.63, 3.8) is 0 Å². The molecule has 0 amide bonds. The van der Waals surface area contributed by atoms with Crippen molar-refractivity contribution in [1.82, 2.24) is 9.97 Å². The van der Waals surface area contributed by atoms with Gasteiger partial charge in [0.25, 0.3) is 0 Å². The first kappa shape index (κ1) is 21.6. The summed E-state index contributed by atoms with van der Waals surface area (Å²) in [6.07, 6.45) is 0. The van der Waals surface area contributed by atoms with Crippen molar-refractivity contribution in [3.8, 4) is 17.0 Å². The fourth-order valence-corrected chi connectivity index (χ4v) is 3.64. The van der Waals surface area contributed by atoms with Crippen molar-refractivity contribution in [2.75, 3.05) is 49.4 Å². The number of nitrogens with zero attached hydrogens (tertiary/aromatic N) is 3. The first-order valence-corrected chi connectivity index (χ1v) is 10.2. The SMILES string of the molecule is CCOc1cc(-c2cc(N3CCOCC3C(C)C)nc(NC)n2)cc(N)c1C(=N)N. The van der Waals surface area contributed by atoms with Crippen molar-refractivity contribution in [1.29, 1.82) is 5.41 Å². The van der Waals surface area contributed by atoms with Gasteiger partial charge in [0.2, 0.25) is 5.95 Å². The Labute approximate surface area is 177 Å². The Kier molecular flexibility index (Phi) is 6.61. The topological polar surface area (TPSA) is 135 Å². The zero-order chi connectivity index (χ0) is 21.8. The monoisotopic (exact) mass is 413 g/mol. The van der Waals surface area contributed by atoms with Crippen molar-refractivity contribution < 1.29 is 9.47 Å². The van der Waals surface area contributed by atoms with Gasteiger partial charge in [0.15, 0.2) is 0 Å². The lowest BCUT2D eigenvalue weighted by molar-refractivity contribution is 0.0802. The molecule has 1 atom stereocenters. The van der Waals surface area contributed by atoms with Crippen molar-refractivity contribution in [2.24, 2.45) is 11.7 Å². The van der Waals surface area contributed by atoms with Crippen LogP contribution in [0, 0.1) is 11.3 Å². The Morgan fingerprint density at radius 1 is 1.37 bits per heavy atom. The molecule has 1 aromatic heterocycles. The standard InChI is InChI=1S/C21H31N7O2/c1-5-30-17-9-13(8-14(22)19(17)20(23)24)15-10-18(27-21(25-4)26-15)28-6-7-29-11-16(28)12(2)3/h8-10,12,16H,5-7,11,22H2,1-4H3,(H3,23,24)(H,25,26,27). The highest BCUT2D eigenvalue weighted by atomic mass is 16.5. The molecule has 162 valence electrons. The molecule has 3 rings (SSSR count). The molecule has 1 aromatic carbocycles. The third kappa shape index (κ3) is 4.40. The van der Waals surface area contributed by atoms with Gasteiger partial charge in [0.1, 0.15) is 17.4 Å². The van der Waals surface area contributed by atoms with Gasteiger partial charge >= 0.3 is 0 Å². The number of ether oxygens (including phenoxy) is 2. The average Bonchev–Trinajstić information content (AvgIpc) is 2.72. The van der Waals surface area contributed by atoms with E-state index in [4.69, 9.17) is 31.3 Å². The van der Waals surface area contributed by atoms with Gasteiger partial charge in [-0.15, -0.1) is 0 Å². The highest BCUT2D eigenvalue weighted by Crippen LogP contribution is 2.34. The Balaban J connectivity index is 2.10. The van der Waals surface area contributed by atoms with E-state index in [1.54, 1.807) is 13.1 Å². The zero-order valence-electron chi connectivity index (χ0n) is 18.0. The van der Waals surface area contributed by atoms with Gasteiger partial charge in [0, 0.05) is 30.9 Å². The molecule has 0 radical (unpaired) electrons. The summed E-state index contributed by atoms with van der Waals surface area (Å²) >= 11 is 0. The number of anilines is 3. The summed E-state index contributed by atoms with van der Waals surface area (Å²) in [4.78, 5) is 11.6. The van der Waals surface area contributed by atoms with Crippen LogP contribution >= 0.6 is 0 Å². The lowest BCUT2D eigenvalue weighted by Crippen LogP contribution is -2.48. The second-order valence-corrected chi connectivity index (χ2v) is 7.55. The first-order chi connectivity index (χ1) is 14.3. The Morgan fingerprint density at radius 2 is 2.13 bits per heavy atom. The van der Waals surface area contributed by atoms with Gasteiger partial charge in [-0.3, -0.25) is 5.41 Å². The van der Waals surface area contributed by atoms with Crippen LogP contribution in [-0.4, -0.2) is 55.3 Å². The van der Waals surface area contributed by atoms with Crippen LogP contribution in [-0.2, 0) is 4.74 Å². The summed E-state index contributed by atoms with van der Waals surface area (Å²) < 4.78 is 11.4. The summed E-state index contributed by atoms with van der Waals surface area (Å²) in [5.41, 5.74) is 14.2. The van der Waals surface area contributed by atoms with Crippen LogP contribution in [0.25, 0.3) is 11.3 Å². The minimum atomic E-state index is -0.130. The van der Waals surface area contributed by atoms with E-state index in [2.05, 4.69) is 29.0 Å². The van der Waals surface area contributed by atoms with Crippen molar-refractivity contribution in [3.05, 3.63) is 23.8 Å². The number of aromatic nitrogens is 2. The van der Waals surface area contributed by atoms with Crippen LogP contribution < -0.4 is 26.4 Å². The molecule has 2 aromatic rings. The van der Waals surface area contributed by atoms with Crippen LogP contribution in [0.2, 0.25) is 0 Å². The minimum absolute atomic E-state index is 0.130. The minimum Gasteiger partial charge on any atom is -0.493 e. The maximum atomic E-state index is 7.83. The fraction of sp³-hybridized carbons (Fsp3) is 0.476. The first-order valence-electron chi connectivity index (χ1n) is 10.2. The number of nitrogens with one attached hydrogen (secondary N) is 2. The number of morpholine rings is 1. The Hall–Kier alpha value is -3.07. The molecule has 2 heterocycles. The molecule has 0 spiro atoms. The smallest absolute Gasteiger partial charge is 0.224 e.